The molecule has 3 aromatic carbocycles. The Bertz CT molecular complexity index is 936. The third-order valence-electron chi connectivity index (χ3n) is 5.45. The van der Waals surface area contributed by atoms with E-state index in [-0.39, 0.29) is 5.41 Å². The largest absolute Gasteiger partial charge is 0.309 e. The summed E-state index contributed by atoms with van der Waals surface area (Å²) in [7, 11) is 0. The van der Waals surface area contributed by atoms with Crippen molar-refractivity contribution in [1.29, 1.82) is 0 Å². The molecule has 23 heavy (non-hydrogen) atoms. The lowest BCUT2D eigenvalue weighted by atomic mass is 9.71. The number of fused-ring (bicyclic) bond motifs is 4. The maximum atomic E-state index is 2.48. The van der Waals surface area contributed by atoms with Crippen LogP contribution in [-0.2, 0) is 11.8 Å². The SMILES string of the molecule is CC1(C)c2ccccc2N2c3ccccc3Cc3cccc1c32. The van der Waals surface area contributed by atoms with Crippen molar-refractivity contribution in [3.8, 4) is 0 Å². The lowest BCUT2D eigenvalue weighted by Crippen LogP contribution is -2.33. The molecule has 0 atom stereocenters. The summed E-state index contributed by atoms with van der Waals surface area (Å²) < 4.78 is 0. The Morgan fingerprint density at radius 2 is 1.35 bits per heavy atom. The van der Waals surface area contributed by atoms with Crippen molar-refractivity contribution in [2.45, 2.75) is 25.7 Å². The highest BCUT2D eigenvalue weighted by Crippen LogP contribution is 2.55. The Hall–Kier alpha value is -2.54. The first kappa shape index (κ1) is 13.0. The Balaban J connectivity index is 1.92. The van der Waals surface area contributed by atoms with Crippen LogP contribution in [0.5, 0.6) is 0 Å². The van der Waals surface area contributed by atoms with Gasteiger partial charge in [0.2, 0.25) is 0 Å². The van der Waals surface area contributed by atoms with E-state index in [0.717, 1.165) is 6.42 Å². The minimum absolute atomic E-state index is 0.0325. The lowest BCUT2D eigenvalue weighted by molar-refractivity contribution is 0.629. The van der Waals surface area contributed by atoms with E-state index in [4.69, 9.17) is 0 Å². The first-order valence-electron chi connectivity index (χ1n) is 8.28. The smallest absolute Gasteiger partial charge is 0.0538 e. The third-order valence-corrected chi connectivity index (χ3v) is 5.45. The van der Waals surface area contributed by atoms with Crippen LogP contribution in [0.15, 0.2) is 66.7 Å². The predicted molar refractivity (Wildman–Crippen MR) is 96.1 cm³/mol. The molecule has 0 N–H and O–H groups in total. The summed E-state index contributed by atoms with van der Waals surface area (Å²) in [5.41, 5.74) is 9.76. The zero-order valence-electron chi connectivity index (χ0n) is 13.5. The van der Waals surface area contributed by atoms with Gasteiger partial charge in [0.05, 0.1) is 11.4 Å². The number of benzene rings is 3. The molecule has 0 fully saturated rings. The van der Waals surface area contributed by atoms with Crippen LogP contribution in [0.4, 0.5) is 17.1 Å². The second kappa shape index (κ2) is 4.26. The second-order valence-corrected chi connectivity index (χ2v) is 7.10. The Morgan fingerprint density at radius 1 is 0.696 bits per heavy atom. The second-order valence-electron chi connectivity index (χ2n) is 7.10. The van der Waals surface area contributed by atoms with Crippen molar-refractivity contribution in [1.82, 2.24) is 0 Å². The minimum Gasteiger partial charge on any atom is -0.309 e. The first-order valence-corrected chi connectivity index (χ1v) is 8.28. The van der Waals surface area contributed by atoms with Gasteiger partial charge in [-0.15, -0.1) is 0 Å². The minimum atomic E-state index is 0.0325. The fourth-order valence-electron chi connectivity index (χ4n) is 4.30. The summed E-state index contributed by atoms with van der Waals surface area (Å²) >= 11 is 0. The highest BCUT2D eigenvalue weighted by molar-refractivity contribution is 5.90. The van der Waals surface area contributed by atoms with E-state index in [1.807, 2.05) is 0 Å². The van der Waals surface area contributed by atoms with Crippen LogP contribution < -0.4 is 4.90 Å². The van der Waals surface area contributed by atoms with Gasteiger partial charge in [0.1, 0.15) is 0 Å². The zero-order chi connectivity index (χ0) is 15.6. The maximum absolute atomic E-state index is 2.48. The van der Waals surface area contributed by atoms with E-state index >= 15 is 0 Å². The van der Waals surface area contributed by atoms with Crippen LogP contribution in [0, 0.1) is 0 Å². The molecule has 2 aliphatic rings. The van der Waals surface area contributed by atoms with E-state index in [1.54, 1.807) is 0 Å². The predicted octanol–water partition coefficient (Wildman–Crippen LogP) is 5.70. The molecule has 0 amide bonds. The highest BCUT2D eigenvalue weighted by atomic mass is 15.2. The van der Waals surface area contributed by atoms with Crippen LogP contribution >= 0.6 is 0 Å². The molecule has 112 valence electrons. The van der Waals surface area contributed by atoms with E-state index in [1.165, 1.54) is 39.3 Å². The molecule has 1 nitrogen and oxygen atoms in total. The molecule has 0 saturated heterocycles. The van der Waals surface area contributed by atoms with Crippen LogP contribution in [-0.4, -0.2) is 0 Å². The number of hydrogen-bond donors (Lipinski definition) is 0. The molecule has 2 aliphatic heterocycles. The molecule has 0 radical (unpaired) electrons. The number of anilines is 3. The van der Waals surface area contributed by atoms with Crippen molar-refractivity contribution < 1.29 is 0 Å². The molecular formula is C22H19N. The molecule has 0 saturated carbocycles. The zero-order valence-corrected chi connectivity index (χ0v) is 13.5. The summed E-state index contributed by atoms with van der Waals surface area (Å²) in [6, 6.07) is 24.5. The fraction of sp³-hybridized carbons (Fsp3) is 0.182. The average molecular weight is 297 g/mol. The monoisotopic (exact) mass is 297 g/mol. The van der Waals surface area contributed by atoms with Gasteiger partial charge >= 0.3 is 0 Å². The molecule has 0 aliphatic carbocycles. The molecule has 0 unspecified atom stereocenters. The van der Waals surface area contributed by atoms with Gasteiger partial charge in [-0.2, -0.15) is 0 Å². The normalized spacial score (nSPS) is 16.3. The summed E-state index contributed by atoms with van der Waals surface area (Å²) in [6.45, 7) is 4.69. The van der Waals surface area contributed by atoms with Crippen LogP contribution in [0.1, 0.15) is 36.1 Å². The lowest BCUT2D eigenvalue weighted by Gasteiger charge is -2.45. The standard InChI is InChI=1S/C22H19N/c1-22(2)17-10-4-6-13-20(17)23-19-12-5-3-8-15(19)14-16-9-7-11-18(22)21(16)23/h3-13H,14H2,1-2H3. The molecule has 5 rings (SSSR count). The van der Waals surface area contributed by atoms with Crippen molar-refractivity contribution in [3.63, 3.8) is 0 Å². The summed E-state index contributed by atoms with van der Waals surface area (Å²) in [6.07, 6.45) is 1.02. The highest BCUT2D eigenvalue weighted by Gasteiger charge is 2.39. The van der Waals surface area contributed by atoms with Gasteiger partial charge in [-0.3, -0.25) is 0 Å². The quantitative estimate of drug-likeness (QED) is 0.402. The van der Waals surface area contributed by atoms with Gasteiger partial charge in [0.25, 0.3) is 0 Å². The molecule has 0 bridgehead atoms. The number of hydrogen-bond acceptors (Lipinski definition) is 1. The Morgan fingerprint density at radius 3 is 2.22 bits per heavy atom. The number of para-hydroxylation sites is 3. The van der Waals surface area contributed by atoms with Crippen molar-refractivity contribution in [3.05, 3.63) is 89.0 Å². The van der Waals surface area contributed by atoms with Crippen molar-refractivity contribution in [2.24, 2.45) is 0 Å². The molecule has 0 aromatic heterocycles. The molecular weight excluding hydrogens is 278 g/mol. The molecule has 2 heterocycles. The number of nitrogens with zero attached hydrogens (tertiary/aromatic N) is 1. The van der Waals surface area contributed by atoms with Crippen LogP contribution in [0.25, 0.3) is 0 Å². The van der Waals surface area contributed by atoms with Crippen molar-refractivity contribution in [2.75, 3.05) is 4.90 Å². The van der Waals surface area contributed by atoms with Gasteiger partial charge in [-0.05, 0) is 34.4 Å². The van der Waals surface area contributed by atoms with E-state index in [2.05, 4.69) is 85.5 Å². The van der Waals surface area contributed by atoms with Gasteiger partial charge in [0, 0.05) is 17.5 Å². The van der Waals surface area contributed by atoms with Gasteiger partial charge in [0.15, 0.2) is 0 Å². The van der Waals surface area contributed by atoms with Gasteiger partial charge < -0.3 is 4.90 Å². The fourth-order valence-corrected chi connectivity index (χ4v) is 4.30. The molecule has 3 aromatic rings. The topological polar surface area (TPSA) is 3.24 Å². The van der Waals surface area contributed by atoms with E-state index in [9.17, 15) is 0 Å². The molecule has 1 heteroatoms. The first-order chi connectivity index (χ1) is 11.2. The number of rotatable bonds is 0. The summed E-state index contributed by atoms with van der Waals surface area (Å²) in [4.78, 5) is 2.48. The third kappa shape index (κ3) is 1.57. The van der Waals surface area contributed by atoms with Gasteiger partial charge in [-0.1, -0.05) is 68.4 Å². The van der Waals surface area contributed by atoms with Crippen molar-refractivity contribution >= 4 is 17.1 Å². The van der Waals surface area contributed by atoms with Gasteiger partial charge in [-0.25, -0.2) is 0 Å². The summed E-state index contributed by atoms with van der Waals surface area (Å²) in [5.74, 6) is 0. The maximum Gasteiger partial charge on any atom is 0.0538 e. The van der Waals surface area contributed by atoms with E-state index in [0.29, 0.717) is 0 Å². The van der Waals surface area contributed by atoms with Crippen LogP contribution in [0.3, 0.4) is 0 Å². The average Bonchev–Trinajstić information content (AvgIpc) is 2.58. The van der Waals surface area contributed by atoms with E-state index < -0.39 is 0 Å². The Labute approximate surface area is 137 Å². The Kier molecular flexibility index (Phi) is 2.40. The summed E-state index contributed by atoms with van der Waals surface area (Å²) in [5, 5.41) is 0. The molecule has 0 spiro atoms. The van der Waals surface area contributed by atoms with Crippen LogP contribution in [0.2, 0.25) is 0 Å².